The third-order valence-corrected chi connectivity index (χ3v) is 1.97. The molecule has 0 aliphatic carbocycles. The molecular weight excluding hydrogens is 136 g/mol. The molecule has 0 aromatic heterocycles. The first kappa shape index (κ1) is 10.7. The molecule has 0 fully saturated rings. The van der Waals surface area contributed by atoms with Crippen molar-refractivity contribution in [3.8, 4) is 0 Å². The maximum Gasteiger partial charge on any atom is 0.0566 e. The summed E-state index contributed by atoms with van der Waals surface area (Å²) >= 11 is 0. The SMILES string of the molecule is CCC(O)C(C)CC=C(C)C. The quantitative estimate of drug-likeness (QED) is 0.620. The fraction of sp³-hybridized carbons (Fsp3) is 0.800. The van der Waals surface area contributed by atoms with Crippen molar-refractivity contribution < 1.29 is 5.11 Å². The molecule has 0 aromatic rings. The summed E-state index contributed by atoms with van der Waals surface area (Å²) in [6.07, 6.45) is 3.91. The highest BCUT2D eigenvalue weighted by atomic mass is 16.3. The molecule has 0 heterocycles. The van der Waals surface area contributed by atoms with Gasteiger partial charge >= 0.3 is 0 Å². The molecule has 0 spiro atoms. The number of aliphatic hydroxyl groups is 1. The van der Waals surface area contributed by atoms with Gasteiger partial charge < -0.3 is 5.11 Å². The molecule has 11 heavy (non-hydrogen) atoms. The van der Waals surface area contributed by atoms with E-state index in [1.165, 1.54) is 5.57 Å². The number of aliphatic hydroxyl groups excluding tert-OH is 1. The van der Waals surface area contributed by atoms with Crippen LogP contribution in [0.25, 0.3) is 0 Å². The molecular formula is C10H20O. The lowest BCUT2D eigenvalue weighted by Crippen LogP contribution is -2.15. The van der Waals surface area contributed by atoms with Crippen LogP contribution in [0.2, 0.25) is 0 Å². The Morgan fingerprint density at radius 1 is 1.45 bits per heavy atom. The maximum absolute atomic E-state index is 9.41. The lowest BCUT2D eigenvalue weighted by molar-refractivity contribution is 0.114. The van der Waals surface area contributed by atoms with Gasteiger partial charge in [-0.3, -0.25) is 0 Å². The molecule has 0 saturated heterocycles. The molecule has 1 nitrogen and oxygen atoms in total. The molecule has 1 heteroatoms. The zero-order chi connectivity index (χ0) is 8.85. The summed E-state index contributed by atoms with van der Waals surface area (Å²) in [4.78, 5) is 0. The van der Waals surface area contributed by atoms with Gasteiger partial charge in [-0.2, -0.15) is 0 Å². The van der Waals surface area contributed by atoms with Gasteiger partial charge in [-0.1, -0.05) is 25.5 Å². The summed E-state index contributed by atoms with van der Waals surface area (Å²) in [6, 6.07) is 0. The van der Waals surface area contributed by atoms with E-state index < -0.39 is 0 Å². The largest absolute Gasteiger partial charge is 0.393 e. The maximum atomic E-state index is 9.41. The second kappa shape index (κ2) is 5.36. The Kier molecular flexibility index (Phi) is 5.22. The van der Waals surface area contributed by atoms with E-state index in [4.69, 9.17) is 0 Å². The second-order valence-electron chi connectivity index (χ2n) is 3.47. The molecule has 0 amide bonds. The average Bonchev–Trinajstić information content (AvgIpc) is 1.98. The van der Waals surface area contributed by atoms with Crippen LogP contribution in [0.5, 0.6) is 0 Å². The highest BCUT2D eigenvalue weighted by Crippen LogP contribution is 2.12. The first-order valence-electron chi connectivity index (χ1n) is 4.39. The highest BCUT2D eigenvalue weighted by Gasteiger charge is 2.09. The minimum absolute atomic E-state index is 0.134. The molecule has 0 rings (SSSR count). The monoisotopic (exact) mass is 156 g/mol. The Balaban J connectivity index is 3.68. The second-order valence-corrected chi connectivity index (χ2v) is 3.47. The van der Waals surface area contributed by atoms with E-state index in [-0.39, 0.29) is 6.10 Å². The minimum Gasteiger partial charge on any atom is -0.393 e. The summed E-state index contributed by atoms with van der Waals surface area (Å²) < 4.78 is 0. The van der Waals surface area contributed by atoms with E-state index in [0.29, 0.717) is 5.92 Å². The van der Waals surface area contributed by atoms with Crippen molar-refractivity contribution in [1.82, 2.24) is 0 Å². The van der Waals surface area contributed by atoms with Gasteiger partial charge in [0.1, 0.15) is 0 Å². The molecule has 0 aromatic carbocycles. The van der Waals surface area contributed by atoms with Crippen LogP contribution in [-0.4, -0.2) is 11.2 Å². The van der Waals surface area contributed by atoms with E-state index in [9.17, 15) is 5.11 Å². The topological polar surface area (TPSA) is 20.2 Å². The Labute approximate surface area is 70.1 Å². The smallest absolute Gasteiger partial charge is 0.0566 e. The van der Waals surface area contributed by atoms with E-state index >= 15 is 0 Å². The van der Waals surface area contributed by atoms with Gasteiger partial charge in [0.25, 0.3) is 0 Å². The van der Waals surface area contributed by atoms with Crippen molar-refractivity contribution in [3.05, 3.63) is 11.6 Å². The zero-order valence-electron chi connectivity index (χ0n) is 8.09. The summed E-state index contributed by atoms with van der Waals surface area (Å²) in [7, 11) is 0. The van der Waals surface area contributed by atoms with Crippen molar-refractivity contribution >= 4 is 0 Å². The minimum atomic E-state index is -0.134. The molecule has 0 aliphatic rings. The van der Waals surface area contributed by atoms with Gasteiger partial charge in [-0.25, -0.2) is 0 Å². The normalized spacial score (nSPS) is 15.7. The Hall–Kier alpha value is -0.300. The number of hydrogen-bond donors (Lipinski definition) is 1. The van der Waals surface area contributed by atoms with E-state index in [2.05, 4.69) is 26.8 Å². The molecule has 1 N–H and O–H groups in total. The van der Waals surface area contributed by atoms with E-state index in [1.807, 2.05) is 6.92 Å². The number of rotatable bonds is 4. The molecule has 2 unspecified atom stereocenters. The van der Waals surface area contributed by atoms with Crippen LogP contribution in [0, 0.1) is 5.92 Å². The summed E-state index contributed by atoms with van der Waals surface area (Å²) in [5.41, 5.74) is 1.33. The molecule has 0 saturated carbocycles. The lowest BCUT2D eigenvalue weighted by Gasteiger charge is -2.14. The van der Waals surface area contributed by atoms with Gasteiger partial charge in [-0.05, 0) is 32.6 Å². The first-order valence-corrected chi connectivity index (χ1v) is 4.39. The lowest BCUT2D eigenvalue weighted by atomic mass is 9.98. The molecule has 0 radical (unpaired) electrons. The van der Waals surface area contributed by atoms with Crippen LogP contribution in [0.4, 0.5) is 0 Å². The van der Waals surface area contributed by atoms with Crippen LogP contribution in [0.1, 0.15) is 40.5 Å². The Morgan fingerprint density at radius 3 is 2.36 bits per heavy atom. The van der Waals surface area contributed by atoms with Gasteiger partial charge in [-0.15, -0.1) is 0 Å². The molecule has 66 valence electrons. The van der Waals surface area contributed by atoms with Crippen molar-refractivity contribution in [2.45, 2.75) is 46.6 Å². The summed E-state index contributed by atoms with van der Waals surface area (Å²) in [6.45, 7) is 8.29. The van der Waals surface area contributed by atoms with Crippen LogP contribution in [0.15, 0.2) is 11.6 Å². The van der Waals surface area contributed by atoms with Crippen molar-refractivity contribution in [3.63, 3.8) is 0 Å². The van der Waals surface area contributed by atoms with Gasteiger partial charge in [0.05, 0.1) is 6.10 Å². The molecule has 0 bridgehead atoms. The van der Waals surface area contributed by atoms with Gasteiger partial charge in [0.2, 0.25) is 0 Å². The third kappa shape index (κ3) is 5.02. The van der Waals surface area contributed by atoms with Crippen molar-refractivity contribution in [1.29, 1.82) is 0 Å². The average molecular weight is 156 g/mol. The zero-order valence-corrected chi connectivity index (χ0v) is 8.09. The van der Waals surface area contributed by atoms with E-state index in [0.717, 1.165) is 12.8 Å². The number of allylic oxidation sites excluding steroid dienone is 2. The molecule has 2 atom stereocenters. The summed E-state index contributed by atoms with van der Waals surface area (Å²) in [5, 5.41) is 9.41. The first-order chi connectivity index (χ1) is 5.07. The highest BCUT2D eigenvalue weighted by molar-refractivity contribution is 4.94. The number of hydrogen-bond acceptors (Lipinski definition) is 1. The standard InChI is InChI=1S/C10H20O/c1-5-10(11)9(4)7-6-8(2)3/h6,9-11H,5,7H2,1-4H3. The van der Waals surface area contributed by atoms with Crippen LogP contribution >= 0.6 is 0 Å². The fourth-order valence-electron chi connectivity index (χ4n) is 0.981. The van der Waals surface area contributed by atoms with Crippen LogP contribution in [0.3, 0.4) is 0 Å². The van der Waals surface area contributed by atoms with E-state index in [1.54, 1.807) is 0 Å². The van der Waals surface area contributed by atoms with Crippen LogP contribution < -0.4 is 0 Å². The predicted octanol–water partition coefficient (Wildman–Crippen LogP) is 2.75. The van der Waals surface area contributed by atoms with Gasteiger partial charge in [0, 0.05) is 0 Å². The molecule has 0 aliphatic heterocycles. The predicted molar refractivity (Wildman–Crippen MR) is 49.5 cm³/mol. The fourth-order valence-corrected chi connectivity index (χ4v) is 0.981. The Bertz CT molecular complexity index is 123. The summed E-state index contributed by atoms with van der Waals surface area (Å²) in [5.74, 6) is 0.398. The van der Waals surface area contributed by atoms with Crippen molar-refractivity contribution in [2.24, 2.45) is 5.92 Å². The van der Waals surface area contributed by atoms with Crippen molar-refractivity contribution in [2.75, 3.05) is 0 Å². The van der Waals surface area contributed by atoms with Crippen LogP contribution in [-0.2, 0) is 0 Å². The third-order valence-electron chi connectivity index (χ3n) is 1.97. The van der Waals surface area contributed by atoms with Gasteiger partial charge in [0.15, 0.2) is 0 Å². The Morgan fingerprint density at radius 2 is 2.00 bits per heavy atom.